The highest BCUT2D eigenvalue weighted by molar-refractivity contribution is 4.92. The first-order valence-electron chi connectivity index (χ1n) is 7.47. The smallest absolute Gasteiger partial charge is 0.0806 e. The molecule has 1 N–H and O–H groups in total. The molecule has 0 unspecified atom stereocenters. The topological polar surface area (TPSA) is 21.3 Å². The molecule has 0 amide bonds. The van der Waals surface area contributed by atoms with Gasteiger partial charge in [0.1, 0.15) is 0 Å². The van der Waals surface area contributed by atoms with Gasteiger partial charge in [-0.2, -0.15) is 0 Å². The molecule has 2 heteroatoms. The number of hydrogen-bond acceptors (Lipinski definition) is 2. The third-order valence-electron chi connectivity index (χ3n) is 4.20. The average molecular weight is 239 g/mol. The van der Waals surface area contributed by atoms with Crippen LogP contribution >= 0.6 is 0 Å². The SMILES string of the molecule is CC(C)COC1(CNC2CC2)CCC(C)CC1. The van der Waals surface area contributed by atoms with Gasteiger partial charge in [0, 0.05) is 19.2 Å². The fraction of sp³-hybridized carbons (Fsp3) is 1.00. The first kappa shape index (κ1) is 13.4. The van der Waals surface area contributed by atoms with E-state index in [4.69, 9.17) is 4.74 Å². The quantitative estimate of drug-likeness (QED) is 0.767. The van der Waals surface area contributed by atoms with Gasteiger partial charge in [0.05, 0.1) is 5.60 Å². The molecule has 2 rings (SSSR count). The first-order chi connectivity index (χ1) is 8.10. The zero-order valence-electron chi connectivity index (χ0n) is 11.8. The largest absolute Gasteiger partial charge is 0.373 e. The first-order valence-corrected chi connectivity index (χ1v) is 7.47. The van der Waals surface area contributed by atoms with E-state index in [2.05, 4.69) is 26.1 Å². The molecule has 0 spiro atoms. The Kier molecular flexibility index (Phi) is 4.48. The van der Waals surface area contributed by atoms with E-state index < -0.39 is 0 Å². The summed E-state index contributed by atoms with van der Waals surface area (Å²) in [6, 6.07) is 0.800. The molecule has 0 aromatic carbocycles. The van der Waals surface area contributed by atoms with Gasteiger partial charge in [0.2, 0.25) is 0 Å². The Labute approximate surface area is 107 Å². The molecule has 0 saturated heterocycles. The van der Waals surface area contributed by atoms with Crippen molar-refractivity contribution in [1.29, 1.82) is 0 Å². The maximum atomic E-state index is 6.30. The van der Waals surface area contributed by atoms with Gasteiger partial charge < -0.3 is 10.1 Å². The monoisotopic (exact) mass is 239 g/mol. The second-order valence-corrected chi connectivity index (χ2v) is 6.73. The van der Waals surface area contributed by atoms with Crippen LogP contribution in [0.2, 0.25) is 0 Å². The number of nitrogens with one attached hydrogen (secondary N) is 1. The molecule has 2 aliphatic rings. The molecule has 0 bridgehead atoms. The van der Waals surface area contributed by atoms with E-state index in [-0.39, 0.29) is 5.60 Å². The van der Waals surface area contributed by atoms with Crippen LogP contribution in [0.1, 0.15) is 59.3 Å². The molecule has 2 saturated carbocycles. The van der Waals surface area contributed by atoms with E-state index in [0.717, 1.165) is 25.1 Å². The predicted molar refractivity (Wildman–Crippen MR) is 72.2 cm³/mol. The van der Waals surface area contributed by atoms with Crippen LogP contribution in [-0.2, 0) is 4.74 Å². The summed E-state index contributed by atoms with van der Waals surface area (Å²) in [7, 11) is 0. The minimum Gasteiger partial charge on any atom is -0.373 e. The van der Waals surface area contributed by atoms with Gasteiger partial charge in [-0.1, -0.05) is 20.8 Å². The molecular weight excluding hydrogens is 210 g/mol. The summed E-state index contributed by atoms with van der Waals surface area (Å²) >= 11 is 0. The Bertz CT molecular complexity index is 219. The molecule has 2 nitrogen and oxygen atoms in total. The van der Waals surface area contributed by atoms with Gasteiger partial charge in [0.15, 0.2) is 0 Å². The lowest BCUT2D eigenvalue weighted by atomic mass is 9.79. The van der Waals surface area contributed by atoms with E-state index in [1.165, 1.54) is 38.5 Å². The summed E-state index contributed by atoms with van der Waals surface area (Å²) in [5.41, 5.74) is 0.152. The van der Waals surface area contributed by atoms with Crippen molar-refractivity contribution in [3.05, 3.63) is 0 Å². The lowest BCUT2D eigenvalue weighted by molar-refractivity contribution is -0.0845. The van der Waals surface area contributed by atoms with Crippen molar-refractivity contribution >= 4 is 0 Å². The van der Waals surface area contributed by atoms with Gasteiger partial charge in [0.25, 0.3) is 0 Å². The van der Waals surface area contributed by atoms with Crippen LogP contribution in [0, 0.1) is 11.8 Å². The van der Waals surface area contributed by atoms with Crippen LogP contribution < -0.4 is 5.32 Å². The fourth-order valence-electron chi connectivity index (χ4n) is 2.62. The normalized spacial score (nSPS) is 34.2. The van der Waals surface area contributed by atoms with Crippen LogP contribution in [0.3, 0.4) is 0 Å². The number of hydrogen-bond donors (Lipinski definition) is 1. The standard InChI is InChI=1S/C15H29NO/c1-12(2)10-17-15(11-16-14-4-5-14)8-6-13(3)7-9-15/h12-14,16H,4-11H2,1-3H3. The predicted octanol–water partition coefficient (Wildman–Crippen LogP) is 3.36. The number of rotatable bonds is 6. The highest BCUT2D eigenvalue weighted by Crippen LogP contribution is 2.35. The van der Waals surface area contributed by atoms with E-state index in [1.54, 1.807) is 0 Å². The van der Waals surface area contributed by atoms with Crippen LogP contribution in [0.4, 0.5) is 0 Å². The highest BCUT2D eigenvalue weighted by Gasteiger charge is 2.36. The minimum absolute atomic E-state index is 0.152. The molecule has 0 aromatic heterocycles. The summed E-state index contributed by atoms with van der Waals surface area (Å²) in [6.07, 6.45) is 7.92. The molecule has 2 fully saturated rings. The zero-order valence-corrected chi connectivity index (χ0v) is 11.8. The molecule has 0 aliphatic heterocycles. The average Bonchev–Trinajstić information content (AvgIpc) is 3.11. The lowest BCUT2D eigenvalue weighted by Crippen LogP contribution is -2.47. The van der Waals surface area contributed by atoms with Gasteiger partial charge >= 0.3 is 0 Å². The third kappa shape index (κ3) is 4.26. The molecule has 0 aromatic rings. The van der Waals surface area contributed by atoms with E-state index in [0.29, 0.717) is 5.92 Å². The Morgan fingerprint density at radius 1 is 1.18 bits per heavy atom. The van der Waals surface area contributed by atoms with Crippen LogP contribution in [-0.4, -0.2) is 24.8 Å². The second kappa shape index (κ2) is 5.71. The van der Waals surface area contributed by atoms with Gasteiger partial charge in [-0.05, 0) is 50.4 Å². The lowest BCUT2D eigenvalue weighted by Gasteiger charge is -2.40. The Morgan fingerprint density at radius 2 is 1.82 bits per heavy atom. The Balaban J connectivity index is 1.84. The molecule has 0 heterocycles. The Hall–Kier alpha value is -0.0800. The summed E-state index contributed by atoms with van der Waals surface area (Å²) in [4.78, 5) is 0. The summed E-state index contributed by atoms with van der Waals surface area (Å²) in [5, 5.41) is 3.68. The van der Waals surface area contributed by atoms with E-state index >= 15 is 0 Å². The molecule has 17 heavy (non-hydrogen) atoms. The molecule has 0 atom stereocenters. The zero-order chi connectivity index (χ0) is 12.3. The summed E-state index contributed by atoms with van der Waals surface area (Å²) < 4.78 is 6.30. The minimum atomic E-state index is 0.152. The van der Waals surface area contributed by atoms with Crippen molar-refractivity contribution < 1.29 is 4.74 Å². The molecule has 2 aliphatic carbocycles. The molecular formula is C15H29NO. The van der Waals surface area contributed by atoms with Crippen molar-refractivity contribution in [2.24, 2.45) is 11.8 Å². The van der Waals surface area contributed by atoms with Crippen molar-refractivity contribution in [2.45, 2.75) is 70.9 Å². The molecule has 0 radical (unpaired) electrons. The third-order valence-corrected chi connectivity index (χ3v) is 4.20. The van der Waals surface area contributed by atoms with E-state index in [9.17, 15) is 0 Å². The molecule has 100 valence electrons. The van der Waals surface area contributed by atoms with Gasteiger partial charge in [-0.15, -0.1) is 0 Å². The van der Waals surface area contributed by atoms with Gasteiger partial charge in [-0.25, -0.2) is 0 Å². The van der Waals surface area contributed by atoms with Crippen LogP contribution in [0.15, 0.2) is 0 Å². The fourth-order valence-corrected chi connectivity index (χ4v) is 2.62. The van der Waals surface area contributed by atoms with Crippen molar-refractivity contribution in [3.8, 4) is 0 Å². The van der Waals surface area contributed by atoms with Crippen LogP contribution in [0.5, 0.6) is 0 Å². The maximum Gasteiger partial charge on any atom is 0.0806 e. The second-order valence-electron chi connectivity index (χ2n) is 6.73. The highest BCUT2D eigenvalue weighted by atomic mass is 16.5. The number of ether oxygens (including phenoxy) is 1. The van der Waals surface area contributed by atoms with Crippen molar-refractivity contribution in [1.82, 2.24) is 5.32 Å². The van der Waals surface area contributed by atoms with Crippen LogP contribution in [0.25, 0.3) is 0 Å². The maximum absolute atomic E-state index is 6.30. The van der Waals surface area contributed by atoms with Crippen molar-refractivity contribution in [3.63, 3.8) is 0 Å². The van der Waals surface area contributed by atoms with E-state index in [1.807, 2.05) is 0 Å². The van der Waals surface area contributed by atoms with Gasteiger partial charge in [-0.3, -0.25) is 0 Å². The summed E-state index contributed by atoms with van der Waals surface area (Å²) in [5.74, 6) is 1.54. The van der Waals surface area contributed by atoms with Crippen molar-refractivity contribution in [2.75, 3.05) is 13.2 Å². The Morgan fingerprint density at radius 3 is 2.35 bits per heavy atom. The summed E-state index contributed by atoms with van der Waals surface area (Å²) in [6.45, 7) is 8.86.